The molecule has 0 aliphatic carbocycles. The number of methoxy groups -OCH3 is 1. The molecule has 0 bridgehead atoms. The van der Waals surface area contributed by atoms with Crippen LogP contribution < -0.4 is 10.1 Å². The molecule has 170 valence electrons. The number of hydrogen-bond acceptors (Lipinski definition) is 5. The normalized spacial score (nSPS) is 12.1. The molecule has 0 radical (unpaired) electrons. The summed E-state index contributed by atoms with van der Waals surface area (Å²) in [5, 5.41) is 2.56. The van der Waals surface area contributed by atoms with Crippen LogP contribution in [-0.2, 0) is 10.0 Å². The third-order valence-corrected chi connectivity index (χ3v) is 7.49. The fraction of sp³-hybridized carbons (Fsp3) is 0.350. The summed E-state index contributed by atoms with van der Waals surface area (Å²) in [4.78, 5) is 12.9. The number of ether oxygens (including phenoxy) is 1. The van der Waals surface area contributed by atoms with Crippen molar-refractivity contribution in [2.45, 2.75) is 29.8 Å². The van der Waals surface area contributed by atoms with Gasteiger partial charge >= 0.3 is 6.18 Å². The maximum absolute atomic E-state index is 12.9. The number of para-hydroxylation sites is 1. The van der Waals surface area contributed by atoms with E-state index in [2.05, 4.69) is 5.32 Å². The molecule has 0 heterocycles. The number of rotatable bonds is 9. The molecule has 0 aliphatic rings. The van der Waals surface area contributed by atoms with Crippen LogP contribution in [-0.4, -0.2) is 50.8 Å². The molecule has 6 nitrogen and oxygen atoms in total. The first-order valence-corrected chi connectivity index (χ1v) is 11.7. The largest absolute Gasteiger partial charge is 0.495 e. The highest BCUT2D eigenvalue weighted by Gasteiger charge is 2.29. The Kier molecular flexibility index (Phi) is 8.38. The first-order chi connectivity index (χ1) is 14.5. The lowest BCUT2D eigenvalue weighted by atomic mass is 10.2. The predicted molar refractivity (Wildman–Crippen MR) is 114 cm³/mol. The Morgan fingerprint density at radius 1 is 1.13 bits per heavy atom. The Labute approximate surface area is 183 Å². The third-order valence-electron chi connectivity index (χ3n) is 4.28. The fourth-order valence-electron chi connectivity index (χ4n) is 2.77. The quantitative estimate of drug-likeness (QED) is 0.534. The van der Waals surface area contributed by atoms with E-state index in [-0.39, 0.29) is 39.9 Å². The molecule has 0 spiro atoms. The van der Waals surface area contributed by atoms with E-state index in [1.807, 2.05) is 0 Å². The van der Waals surface area contributed by atoms with Gasteiger partial charge in [-0.1, -0.05) is 26.0 Å². The molecule has 0 saturated heterocycles. The second-order valence-electron chi connectivity index (χ2n) is 6.31. The van der Waals surface area contributed by atoms with Crippen LogP contribution in [0.1, 0.15) is 24.2 Å². The Morgan fingerprint density at radius 2 is 1.77 bits per heavy atom. The van der Waals surface area contributed by atoms with Crippen molar-refractivity contribution in [3.05, 3.63) is 48.0 Å². The van der Waals surface area contributed by atoms with Crippen molar-refractivity contribution in [1.29, 1.82) is 0 Å². The Morgan fingerprint density at radius 3 is 2.35 bits per heavy atom. The maximum atomic E-state index is 12.9. The van der Waals surface area contributed by atoms with Crippen LogP contribution in [0.15, 0.2) is 52.3 Å². The van der Waals surface area contributed by atoms with Crippen LogP contribution in [0.4, 0.5) is 18.9 Å². The lowest BCUT2D eigenvalue weighted by molar-refractivity contribution is -0.105. The Hall–Kier alpha value is -2.24. The number of benzene rings is 2. The van der Waals surface area contributed by atoms with Crippen molar-refractivity contribution in [2.75, 3.05) is 31.3 Å². The zero-order valence-corrected chi connectivity index (χ0v) is 18.8. The number of sulfonamides is 1. The first-order valence-electron chi connectivity index (χ1n) is 9.31. The van der Waals surface area contributed by atoms with Crippen LogP contribution >= 0.6 is 11.8 Å². The van der Waals surface area contributed by atoms with E-state index in [4.69, 9.17) is 4.74 Å². The van der Waals surface area contributed by atoms with E-state index in [9.17, 15) is 26.4 Å². The van der Waals surface area contributed by atoms with Gasteiger partial charge in [-0.3, -0.25) is 4.79 Å². The summed E-state index contributed by atoms with van der Waals surface area (Å²) in [6.45, 7) is 3.86. The number of carbonyl (C=O) groups is 1. The molecule has 1 amide bonds. The molecule has 31 heavy (non-hydrogen) atoms. The molecule has 2 aromatic rings. The van der Waals surface area contributed by atoms with Gasteiger partial charge in [0.05, 0.1) is 18.6 Å². The molecule has 11 heteroatoms. The molecular weight excluding hydrogens is 453 g/mol. The van der Waals surface area contributed by atoms with Crippen LogP contribution in [0.3, 0.4) is 0 Å². The van der Waals surface area contributed by atoms with Gasteiger partial charge < -0.3 is 10.1 Å². The summed E-state index contributed by atoms with van der Waals surface area (Å²) >= 11 is 0.552. The summed E-state index contributed by atoms with van der Waals surface area (Å²) in [5.74, 6) is -1.67. The van der Waals surface area contributed by atoms with Gasteiger partial charge in [-0.15, -0.1) is 11.8 Å². The second kappa shape index (κ2) is 10.4. The minimum Gasteiger partial charge on any atom is -0.495 e. The summed E-state index contributed by atoms with van der Waals surface area (Å²) in [6, 6.07) is 10.1. The van der Waals surface area contributed by atoms with Gasteiger partial charge in [0.15, 0.2) is 0 Å². The maximum Gasteiger partial charge on any atom is 0.398 e. The Balaban J connectivity index is 2.36. The molecule has 0 fully saturated rings. The van der Waals surface area contributed by atoms with E-state index in [1.165, 1.54) is 41.7 Å². The smallest absolute Gasteiger partial charge is 0.398 e. The standard InChI is InChI=1S/C20H23F3N2O4S2/c1-4-25(5-2)31(27,28)18-12-14(10-11-16(18)29-3)19(26)24-15-8-6-7-9-17(15)30-13-20(21,22)23/h6-12H,4-5,13H2,1-3H3,(H,24,26). The SMILES string of the molecule is CCN(CC)S(=O)(=O)c1cc(C(=O)Nc2ccccc2SCC(F)(F)F)ccc1OC. The summed E-state index contributed by atoms with van der Waals surface area (Å²) in [6.07, 6.45) is -4.36. The van der Waals surface area contributed by atoms with Gasteiger partial charge in [0.1, 0.15) is 10.6 Å². The molecule has 0 unspecified atom stereocenters. The number of amides is 1. The van der Waals surface area contributed by atoms with Gasteiger partial charge in [0, 0.05) is 23.5 Å². The second-order valence-corrected chi connectivity index (χ2v) is 9.23. The first kappa shape index (κ1) is 25.0. The van der Waals surface area contributed by atoms with Crippen molar-refractivity contribution >= 4 is 33.4 Å². The molecule has 0 aliphatic heterocycles. The average molecular weight is 477 g/mol. The molecule has 0 atom stereocenters. The number of carbonyl (C=O) groups excluding carboxylic acids is 1. The monoisotopic (exact) mass is 476 g/mol. The summed E-state index contributed by atoms with van der Waals surface area (Å²) in [5.41, 5.74) is 0.230. The van der Waals surface area contributed by atoms with Crippen molar-refractivity contribution in [2.24, 2.45) is 0 Å². The molecule has 0 aromatic heterocycles. The van der Waals surface area contributed by atoms with E-state index >= 15 is 0 Å². The van der Waals surface area contributed by atoms with E-state index < -0.39 is 27.9 Å². The summed E-state index contributed by atoms with van der Waals surface area (Å²) in [7, 11) is -2.58. The molecular formula is C20H23F3N2O4S2. The zero-order chi connectivity index (χ0) is 23.2. The lowest BCUT2D eigenvalue weighted by Gasteiger charge is -2.20. The fourth-order valence-corrected chi connectivity index (χ4v) is 5.18. The topological polar surface area (TPSA) is 75.7 Å². The van der Waals surface area contributed by atoms with Gasteiger partial charge in [-0.2, -0.15) is 17.5 Å². The minimum absolute atomic E-state index is 0.0298. The average Bonchev–Trinajstić information content (AvgIpc) is 2.72. The van der Waals surface area contributed by atoms with Crippen molar-refractivity contribution in [1.82, 2.24) is 4.31 Å². The highest BCUT2D eigenvalue weighted by atomic mass is 32.2. The van der Waals surface area contributed by atoms with Crippen LogP contribution in [0.5, 0.6) is 5.75 Å². The van der Waals surface area contributed by atoms with Crippen molar-refractivity contribution in [3.63, 3.8) is 0 Å². The highest BCUT2D eigenvalue weighted by Crippen LogP contribution is 2.33. The molecule has 2 aromatic carbocycles. The van der Waals surface area contributed by atoms with Gasteiger partial charge in [0.2, 0.25) is 10.0 Å². The number of hydrogen-bond donors (Lipinski definition) is 1. The van der Waals surface area contributed by atoms with Crippen LogP contribution in [0.2, 0.25) is 0 Å². The minimum atomic E-state index is -4.36. The Bertz CT molecular complexity index is 1020. The molecule has 0 saturated carbocycles. The van der Waals surface area contributed by atoms with Crippen LogP contribution in [0, 0.1) is 0 Å². The zero-order valence-electron chi connectivity index (χ0n) is 17.2. The summed E-state index contributed by atoms with van der Waals surface area (Å²) < 4.78 is 70.0. The number of nitrogens with zero attached hydrogens (tertiary/aromatic N) is 1. The third kappa shape index (κ3) is 6.37. The molecule has 2 rings (SSSR count). The lowest BCUT2D eigenvalue weighted by Crippen LogP contribution is -2.31. The van der Waals surface area contributed by atoms with E-state index in [0.29, 0.717) is 11.8 Å². The predicted octanol–water partition coefficient (Wildman–Crippen LogP) is 4.63. The number of thioether (sulfide) groups is 1. The van der Waals surface area contributed by atoms with Gasteiger partial charge in [-0.25, -0.2) is 8.42 Å². The van der Waals surface area contributed by atoms with Crippen molar-refractivity contribution < 1.29 is 31.1 Å². The number of anilines is 1. The van der Waals surface area contributed by atoms with Gasteiger partial charge in [0.25, 0.3) is 5.91 Å². The number of alkyl halides is 3. The van der Waals surface area contributed by atoms with E-state index in [1.54, 1.807) is 26.0 Å². The van der Waals surface area contributed by atoms with Crippen molar-refractivity contribution in [3.8, 4) is 5.75 Å². The number of nitrogens with one attached hydrogen (secondary N) is 1. The van der Waals surface area contributed by atoms with Gasteiger partial charge in [-0.05, 0) is 30.3 Å². The number of halogens is 3. The highest BCUT2D eigenvalue weighted by molar-refractivity contribution is 7.99. The van der Waals surface area contributed by atoms with E-state index in [0.717, 1.165) is 0 Å². The molecule has 1 N–H and O–H groups in total. The van der Waals surface area contributed by atoms with Crippen LogP contribution in [0.25, 0.3) is 0 Å².